The fourth-order valence-corrected chi connectivity index (χ4v) is 5.36. The van der Waals surface area contributed by atoms with Gasteiger partial charge >= 0.3 is 0 Å². The maximum atomic E-state index is 12.9. The van der Waals surface area contributed by atoms with Gasteiger partial charge in [0.1, 0.15) is 18.5 Å². The van der Waals surface area contributed by atoms with E-state index in [1.165, 1.54) is 18.9 Å². The highest BCUT2D eigenvalue weighted by Gasteiger charge is 2.53. The number of amides is 2. The van der Waals surface area contributed by atoms with Crippen LogP contribution in [0.2, 0.25) is 0 Å². The number of allylic oxidation sites excluding steroid dienone is 2. The normalized spacial score (nSPS) is 19.8. The molecule has 36 heavy (non-hydrogen) atoms. The predicted molar refractivity (Wildman–Crippen MR) is 127 cm³/mol. The lowest BCUT2D eigenvalue weighted by atomic mass is 10.0. The molecule has 0 spiro atoms. The minimum atomic E-state index is -1.48. The topological polar surface area (TPSA) is 187 Å². The third-order valence-electron chi connectivity index (χ3n) is 5.31. The van der Waals surface area contributed by atoms with Gasteiger partial charge in [-0.15, -0.1) is 11.8 Å². The summed E-state index contributed by atoms with van der Waals surface area (Å²) in [4.78, 5) is 47.3. The molecule has 2 aliphatic rings. The molecule has 0 bridgehead atoms. The van der Waals surface area contributed by atoms with Crippen LogP contribution in [0.5, 0.6) is 0 Å². The SMILES string of the molecule is CON=C(C(=O)NC1C(=O)N2C(C(=O)[O-])=C(C=CC[n+]3ccc(CO)cc3)CS[C@H]12)c1nsc(N)n1. The van der Waals surface area contributed by atoms with E-state index in [2.05, 4.69) is 19.8 Å². The quantitative estimate of drug-likeness (QED) is 0.140. The van der Waals surface area contributed by atoms with Gasteiger partial charge in [-0.3, -0.25) is 14.5 Å². The Bertz CT molecular complexity index is 1270. The lowest BCUT2D eigenvalue weighted by molar-refractivity contribution is -0.687. The Labute approximate surface area is 213 Å². The number of rotatable bonds is 9. The van der Waals surface area contributed by atoms with Gasteiger partial charge in [0.15, 0.2) is 24.1 Å². The van der Waals surface area contributed by atoms with Crippen molar-refractivity contribution < 1.29 is 34.0 Å². The number of fused-ring (bicyclic) bond motifs is 1. The highest BCUT2D eigenvalue weighted by molar-refractivity contribution is 8.00. The summed E-state index contributed by atoms with van der Waals surface area (Å²) < 4.78 is 5.78. The van der Waals surface area contributed by atoms with Gasteiger partial charge in [-0.25, -0.2) is 4.57 Å². The number of oxime groups is 1. The van der Waals surface area contributed by atoms with Gasteiger partial charge in [0.25, 0.3) is 11.8 Å². The molecule has 15 heteroatoms. The van der Waals surface area contributed by atoms with Crippen LogP contribution in [0.25, 0.3) is 0 Å². The molecule has 2 amide bonds. The van der Waals surface area contributed by atoms with Crippen LogP contribution in [0.15, 0.2) is 53.1 Å². The number of carboxylic acids is 1. The van der Waals surface area contributed by atoms with Crippen molar-refractivity contribution in [1.82, 2.24) is 19.6 Å². The number of aliphatic hydroxyl groups is 1. The maximum absolute atomic E-state index is 12.9. The Morgan fingerprint density at radius 3 is 2.81 bits per heavy atom. The summed E-state index contributed by atoms with van der Waals surface area (Å²) in [6.07, 6.45) is 6.99. The molecule has 2 aromatic heterocycles. The maximum Gasteiger partial charge on any atom is 0.278 e. The third kappa shape index (κ3) is 5.07. The van der Waals surface area contributed by atoms with Gasteiger partial charge in [-0.05, 0) is 17.2 Å². The number of anilines is 1. The molecule has 2 aliphatic heterocycles. The van der Waals surface area contributed by atoms with E-state index >= 15 is 0 Å². The minimum Gasteiger partial charge on any atom is -0.543 e. The van der Waals surface area contributed by atoms with E-state index in [9.17, 15) is 19.5 Å². The van der Waals surface area contributed by atoms with E-state index in [1.54, 1.807) is 36.7 Å². The molecule has 0 aliphatic carbocycles. The highest BCUT2D eigenvalue weighted by Crippen LogP contribution is 2.40. The number of aromatic nitrogens is 3. The molecule has 13 nitrogen and oxygen atoms in total. The first-order valence-electron chi connectivity index (χ1n) is 10.5. The van der Waals surface area contributed by atoms with Gasteiger partial charge in [0, 0.05) is 29.4 Å². The zero-order valence-electron chi connectivity index (χ0n) is 18.9. The number of nitrogens with two attached hydrogens (primary N) is 1. The number of nitrogens with zero attached hydrogens (tertiary/aromatic N) is 5. The number of hydrogen-bond acceptors (Lipinski definition) is 12. The van der Waals surface area contributed by atoms with Gasteiger partial charge < -0.3 is 30.9 Å². The summed E-state index contributed by atoms with van der Waals surface area (Å²) in [5.74, 6) is -2.60. The van der Waals surface area contributed by atoms with Crippen molar-refractivity contribution in [3.8, 4) is 0 Å². The van der Waals surface area contributed by atoms with Gasteiger partial charge in [0.05, 0.1) is 18.3 Å². The van der Waals surface area contributed by atoms with Crippen molar-refractivity contribution in [2.24, 2.45) is 5.16 Å². The van der Waals surface area contributed by atoms with Crippen molar-refractivity contribution in [1.29, 1.82) is 0 Å². The van der Waals surface area contributed by atoms with Crippen LogP contribution >= 0.6 is 23.3 Å². The van der Waals surface area contributed by atoms with Crippen molar-refractivity contribution in [2.45, 2.75) is 24.6 Å². The summed E-state index contributed by atoms with van der Waals surface area (Å²) in [5, 5.41) is 26.7. The average Bonchev–Trinajstić information content (AvgIpc) is 3.31. The Hall–Kier alpha value is -3.82. The average molecular weight is 532 g/mol. The molecular weight excluding hydrogens is 510 g/mol. The van der Waals surface area contributed by atoms with Crippen LogP contribution in [0, 0.1) is 0 Å². The Kier molecular flexibility index (Phi) is 7.61. The van der Waals surface area contributed by atoms with Crippen molar-refractivity contribution in [2.75, 3.05) is 18.6 Å². The molecule has 2 aromatic rings. The standard InChI is InChI=1S/C21H21N7O6S2/c1-34-25-13(16-24-21(22)36-26-16)17(30)23-14-18(31)28-15(20(32)33)12(10-35-19(14)28)3-2-6-27-7-4-11(9-29)5-8-27/h2-5,7-8,14,19,29H,6,9-10H2,1H3,(H3-,22,23,24,26,30,32,33)/t14?,19-/m1/s1. The number of nitrogen functional groups attached to an aromatic ring is 1. The number of carboxylic acid groups (broad SMARTS) is 1. The molecule has 4 heterocycles. The lowest BCUT2D eigenvalue weighted by Gasteiger charge is -2.50. The first-order chi connectivity index (χ1) is 17.3. The molecule has 0 radical (unpaired) electrons. The molecular formula is C21H21N7O6S2. The summed E-state index contributed by atoms with van der Waals surface area (Å²) in [5.41, 5.74) is 6.27. The number of carbonyl (C=O) groups is 3. The molecule has 1 saturated heterocycles. The van der Waals surface area contributed by atoms with Gasteiger partial charge in [0.2, 0.25) is 11.5 Å². The third-order valence-corrected chi connectivity index (χ3v) is 7.15. The second-order valence-electron chi connectivity index (χ2n) is 7.56. The monoisotopic (exact) mass is 531 g/mol. The van der Waals surface area contributed by atoms with Crippen LogP contribution in [-0.2, 0) is 32.4 Å². The molecule has 4 N–H and O–H groups in total. The summed E-state index contributed by atoms with van der Waals surface area (Å²) in [6, 6.07) is 2.56. The molecule has 1 unspecified atom stereocenters. The number of pyridine rings is 1. The van der Waals surface area contributed by atoms with Gasteiger partial charge in [-0.2, -0.15) is 9.36 Å². The smallest absolute Gasteiger partial charge is 0.278 e. The molecule has 0 saturated carbocycles. The zero-order valence-corrected chi connectivity index (χ0v) is 20.5. The lowest BCUT2D eigenvalue weighted by Crippen LogP contribution is -2.71. The summed E-state index contributed by atoms with van der Waals surface area (Å²) >= 11 is 2.18. The highest BCUT2D eigenvalue weighted by atomic mass is 32.2. The molecule has 4 rings (SSSR count). The number of nitrogens with one attached hydrogen (secondary N) is 1. The predicted octanol–water partition coefficient (Wildman–Crippen LogP) is -2.09. The van der Waals surface area contributed by atoms with E-state index in [0.717, 1.165) is 22.0 Å². The van der Waals surface area contributed by atoms with Crippen molar-refractivity contribution in [3.05, 3.63) is 59.3 Å². The number of carbonyl (C=O) groups excluding carboxylic acids is 3. The molecule has 1 fully saturated rings. The fraction of sp³-hybridized carbons (Fsp3) is 0.286. The number of aliphatic carboxylic acids is 1. The molecule has 2 atom stereocenters. The number of aliphatic hydroxyl groups excluding tert-OH is 1. The summed E-state index contributed by atoms with van der Waals surface area (Å²) in [6.45, 7) is 0.395. The number of hydrogen-bond donors (Lipinski definition) is 3. The number of β-lactam (4-membered cyclic amide) rings is 1. The molecule has 188 valence electrons. The van der Waals surface area contributed by atoms with Crippen LogP contribution in [0.3, 0.4) is 0 Å². The Morgan fingerprint density at radius 1 is 1.44 bits per heavy atom. The fourth-order valence-electron chi connectivity index (χ4n) is 3.61. The van der Waals surface area contributed by atoms with Crippen LogP contribution in [0.4, 0.5) is 5.13 Å². The summed E-state index contributed by atoms with van der Waals surface area (Å²) in [7, 11) is 1.24. The van der Waals surface area contributed by atoms with Crippen molar-refractivity contribution >= 4 is 51.9 Å². The minimum absolute atomic E-state index is 0.0524. The zero-order chi connectivity index (χ0) is 25.8. The van der Waals surface area contributed by atoms with Gasteiger partial charge in [-0.1, -0.05) is 11.2 Å². The van der Waals surface area contributed by atoms with Crippen LogP contribution in [0.1, 0.15) is 11.4 Å². The second-order valence-corrected chi connectivity index (χ2v) is 9.45. The van der Waals surface area contributed by atoms with E-state index in [-0.39, 0.29) is 34.7 Å². The first-order valence-corrected chi connectivity index (χ1v) is 12.3. The second kappa shape index (κ2) is 10.8. The van der Waals surface area contributed by atoms with E-state index in [1.807, 2.05) is 4.57 Å². The first kappa shape index (κ1) is 25.3. The van der Waals surface area contributed by atoms with Crippen LogP contribution in [-0.4, -0.2) is 67.1 Å². The largest absolute Gasteiger partial charge is 0.543 e. The van der Waals surface area contributed by atoms with Crippen LogP contribution < -0.4 is 20.7 Å². The van der Waals surface area contributed by atoms with E-state index < -0.39 is 29.2 Å². The Morgan fingerprint density at radius 2 is 2.19 bits per heavy atom. The Balaban J connectivity index is 1.47. The van der Waals surface area contributed by atoms with Crippen molar-refractivity contribution in [3.63, 3.8) is 0 Å². The van der Waals surface area contributed by atoms with E-state index in [0.29, 0.717) is 12.1 Å². The van der Waals surface area contributed by atoms with E-state index in [4.69, 9.17) is 15.7 Å². The number of thioether (sulfide) groups is 1. The molecule has 0 aromatic carbocycles.